The largest absolute Gasteiger partial charge is 0.507 e. The fraction of sp³-hybridized carbons (Fsp3) is 0.312. The van der Waals surface area contributed by atoms with Gasteiger partial charge in [0.05, 0.1) is 31.9 Å². The molecular weight excluding hydrogens is 492 g/mol. The fourth-order valence-corrected chi connectivity index (χ4v) is 4.77. The molecule has 7 nitrogen and oxygen atoms in total. The molecule has 4 rings (SSSR count). The van der Waals surface area contributed by atoms with E-state index in [-0.39, 0.29) is 17.9 Å². The van der Waals surface area contributed by atoms with Crippen LogP contribution in [0.3, 0.4) is 0 Å². The molecule has 1 atom stereocenters. The van der Waals surface area contributed by atoms with Crippen molar-refractivity contribution in [3.05, 3.63) is 95.1 Å². The first-order valence-electron chi connectivity index (χ1n) is 13.3. The van der Waals surface area contributed by atoms with Crippen LogP contribution in [0.5, 0.6) is 11.5 Å². The Labute approximate surface area is 230 Å². The van der Waals surface area contributed by atoms with E-state index in [9.17, 15) is 14.7 Å². The zero-order valence-electron chi connectivity index (χ0n) is 23.0. The smallest absolute Gasteiger partial charge is 0.295 e. The average molecular weight is 529 g/mol. The van der Waals surface area contributed by atoms with Gasteiger partial charge in [-0.25, -0.2) is 0 Å². The molecule has 0 spiro atoms. The Balaban J connectivity index is 1.74. The Hall–Kier alpha value is -4.26. The third-order valence-electron chi connectivity index (χ3n) is 6.94. The van der Waals surface area contributed by atoms with Crippen molar-refractivity contribution in [1.82, 2.24) is 4.90 Å². The molecule has 3 aromatic carbocycles. The number of aliphatic hydroxyl groups is 1. The first kappa shape index (κ1) is 27.8. The van der Waals surface area contributed by atoms with Crippen LogP contribution in [0.15, 0.2) is 78.4 Å². The van der Waals surface area contributed by atoms with Crippen LogP contribution in [0.4, 0.5) is 5.69 Å². The van der Waals surface area contributed by atoms with Crippen molar-refractivity contribution >= 4 is 23.1 Å². The second-order valence-electron chi connectivity index (χ2n) is 9.80. The summed E-state index contributed by atoms with van der Waals surface area (Å²) in [6, 6.07) is 21.2. The van der Waals surface area contributed by atoms with Crippen molar-refractivity contribution in [1.29, 1.82) is 0 Å². The summed E-state index contributed by atoms with van der Waals surface area (Å²) in [4.78, 5) is 30.3. The number of para-hydroxylation sites is 1. The highest BCUT2D eigenvalue weighted by atomic mass is 16.5. The number of likely N-dealkylation sites (tertiary alicyclic amines) is 1. The van der Waals surface area contributed by atoms with Gasteiger partial charge < -0.3 is 24.4 Å². The lowest BCUT2D eigenvalue weighted by molar-refractivity contribution is -0.140. The molecule has 0 aliphatic carbocycles. The van der Waals surface area contributed by atoms with Crippen LogP contribution in [-0.4, -0.2) is 49.5 Å². The molecule has 39 heavy (non-hydrogen) atoms. The van der Waals surface area contributed by atoms with E-state index in [1.165, 1.54) is 4.90 Å². The molecule has 3 aromatic rings. The Morgan fingerprint density at radius 3 is 2.28 bits per heavy atom. The second-order valence-corrected chi connectivity index (χ2v) is 9.80. The van der Waals surface area contributed by atoms with Gasteiger partial charge in [-0.1, -0.05) is 50.1 Å². The highest BCUT2D eigenvalue weighted by molar-refractivity contribution is 6.46. The molecule has 1 aliphatic rings. The van der Waals surface area contributed by atoms with Gasteiger partial charge in [0.2, 0.25) is 0 Å². The van der Waals surface area contributed by atoms with E-state index in [0.717, 1.165) is 36.1 Å². The molecule has 1 aliphatic heterocycles. The number of ketones is 1. The summed E-state index contributed by atoms with van der Waals surface area (Å²) in [6.07, 6.45) is 3.19. The zero-order valence-corrected chi connectivity index (χ0v) is 23.0. The lowest BCUT2D eigenvalue weighted by atomic mass is 9.95. The molecule has 0 radical (unpaired) electrons. The lowest BCUT2D eigenvalue weighted by Crippen LogP contribution is -2.29. The molecule has 204 valence electrons. The molecule has 1 unspecified atom stereocenters. The van der Waals surface area contributed by atoms with Gasteiger partial charge in [-0.15, -0.1) is 0 Å². The Bertz CT molecular complexity index is 1330. The predicted molar refractivity (Wildman–Crippen MR) is 153 cm³/mol. The van der Waals surface area contributed by atoms with E-state index in [1.807, 2.05) is 67.5 Å². The molecule has 1 heterocycles. The van der Waals surface area contributed by atoms with Crippen LogP contribution in [0.25, 0.3) is 5.76 Å². The van der Waals surface area contributed by atoms with Crippen LogP contribution in [-0.2, 0) is 16.1 Å². The zero-order chi connectivity index (χ0) is 27.9. The summed E-state index contributed by atoms with van der Waals surface area (Å²) < 4.78 is 11.3. The minimum Gasteiger partial charge on any atom is -0.507 e. The maximum atomic E-state index is 13.4. The first-order chi connectivity index (χ1) is 18.8. The topological polar surface area (TPSA) is 79.3 Å². The van der Waals surface area contributed by atoms with Crippen molar-refractivity contribution in [3.8, 4) is 11.5 Å². The molecule has 0 saturated carbocycles. The number of anilines is 1. The number of hydrogen-bond donors (Lipinski definition) is 1. The Morgan fingerprint density at radius 2 is 1.64 bits per heavy atom. The molecule has 1 fully saturated rings. The summed E-state index contributed by atoms with van der Waals surface area (Å²) in [5.41, 5.74) is 2.98. The molecular formula is C32H36N2O5. The van der Waals surface area contributed by atoms with Gasteiger partial charge in [-0.05, 0) is 54.4 Å². The maximum Gasteiger partial charge on any atom is 0.295 e. The third kappa shape index (κ3) is 6.08. The molecule has 0 bridgehead atoms. The van der Waals surface area contributed by atoms with Gasteiger partial charge in [0.15, 0.2) is 0 Å². The predicted octanol–water partition coefficient (Wildman–Crippen LogP) is 5.95. The van der Waals surface area contributed by atoms with Gasteiger partial charge in [-0.2, -0.15) is 0 Å². The molecule has 1 N–H and O–H groups in total. The fourth-order valence-electron chi connectivity index (χ4n) is 4.77. The maximum absolute atomic E-state index is 13.4. The summed E-state index contributed by atoms with van der Waals surface area (Å²) >= 11 is 0. The van der Waals surface area contributed by atoms with Crippen molar-refractivity contribution in [2.24, 2.45) is 0 Å². The van der Waals surface area contributed by atoms with Crippen LogP contribution < -0.4 is 14.4 Å². The normalized spacial score (nSPS) is 16.4. The number of unbranched alkanes of at least 4 members (excludes halogenated alkanes) is 2. The summed E-state index contributed by atoms with van der Waals surface area (Å²) in [7, 11) is 5.46. The van der Waals surface area contributed by atoms with E-state index in [2.05, 4.69) is 6.92 Å². The number of methoxy groups -OCH3 is 1. The monoisotopic (exact) mass is 528 g/mol. The number of ether oxygens (including phenoxy) is 2. The van der Waals surface area contributed by atoms with E-state index in [0.29, 0.717) is 23.7 Å². The number of amides is 1. The molecule has 0 aromatic heterocycles. The standard InChI is InChI=1S/C32H36N2O5/c1-5-6-9-20-39-26-18-14-23(15-19-26)30(35)28-29(22-12-16-25(17-13-22)33(2)3)34(32(37)31(28)36)21-24-10-7-8-11-27(24)38-4/h7-8,10-19,29,35H,5-6,9,20-21H2,1-4H3/b30-28-. The summed E-state index contributed by atoms with van der Waals surface area (Å²) in [5, 5.41) is 11.4. The number of benzene rings is 3. The Kier molecular flexibility index (Phi) is 8.92. The highest BCUT2D eigenvalue weighted by Crippen LogP contribution is 2.41. The number of carbonyl (C=O) groups is 2. The average Bonchev–Trinajstić information content (AvgIpc) is 3.20. The first-order valence-corrected chi connectivity index (χ1v) is 13.3. The summed E-state index contributed by atoms with van der Waals surface area (Å²) in [6.45, 7) is 2.91. The SMILES string of the molecule is CCCCCOc1ccc(/C(O)=C2/C(=O)C(=O)N(Cc3ccccc3OC)C2c2ccc(N(C)C)cc2)cc1. The second kappa shape index (κ2) is 12.5. The number of rotatable bonds is 11. The van der Waals surface area contributed by atoms with Gasteiger partial charge in [0.25, 0.3) is 11.7 Å². The molecule has 1 saturated heterocycles. The number of nitrogens with zero attached hydrogens (tertiary/aromatic N) is 2. The van der Waals surface area contributed by atoms with Gasteiger partial charge in [0.1, 0.15) is 17.3 Å². The van der Waals surface area contributed by atoms with Crippen LogP contribution in [0.1, 0.15) is 48.9 Å². The van der Waals surface area contributed by atoms with Crippen molar-refractivity contribution in [3.63, 3.8) is 0 Å². The number of hydrogen-bond acceptors (Lipinski definition) is 6. The van der Waals surface area contributed by atoms with Crippen LogP contribution >= 0.6 is 0 Å². The van der Waals surface area contributed by atoms with Gasteiger partial charge >= 0.3 is 0 Å². The van der Waals surface area contributed by atoms with E-state index >= 15 is 0 Å². The molecule has 7 heteroatoms. The minimum atomic E-state index is -0.768. The number of aliphatic hydroxyl groups excluding tert-OH is 1. The Morgan fingerprint density at radius 1 is 0.949 bits per heavy atom. The van der Waals surface area contributed by atoms with Crippen LogP contribution in [0.2, 0.25) is 0 Å². The van der Waals surface area contributed by atoms with Crippen molar-refractivity contribution in [2.75, 3.05) is 32.7 Å². The summed E-state index contributed by atoms with van der Waals surface area (Å²) in [5.74, 6) is -0.287. The number of carbonyl (C=O) groups excluding carboxylic acids is 2. The van der Waals surface area contributed by atoms with Crippen LogP contribution in [0, 0.1) is 0 Å². The van der Waals surface area contributed by atoms with E-state index < -0.39 is 17.7 Å². The quantitative estimate of drug-likeness (QED) is 0.143. The lowest BCUT2D eigenvalue weighted by Gasteiger charge is -2.26. The van der Waals surface area contributed by atoms with Crippen molar-refractivity contribution < 1.29 is 24.2 Å². The van der Waals surface area contributed by atoms with Crippen molar-refractivity contribution in [2.45, 2.75) is 38.8 Å². The van der Waals surface area contributed by atoms with Gasteiger partial charge in [0, 0.05) is 30.9 Å². The third-order valence-corrected chi connectivity index (χ3v) is 6.94. The highest BCUT2D eigenvalue weighted by Gasteiger charge is 2.46. The van der Waals surface area contributed by atoms with E-state index in [4.69, 9.17) is 9.47 Å². The minimum absolute atomic E-state index is 0.0594. The van der Waals surface area contributed by atoms with E-state index in [1.54, 1.807) is 31.4 Å². The van der Waals surface area contributed by atoms with Gasteiger partial charge in [-0.3, -0.25) is 9.59 Å². The molecule has 1 amide bonds. The number of Topliss-reactive ketones (excluding diaryl/α,β-unsaturated/α-hetero) is 1.